The number of likely N-dealkylation sites (tertiary alicyclic amines) is 2. The van der Waals surface area contributed by atoms with Crippen LogP contribution in [0.4, 0.5) is 38.5 Å². The minimum Gasteiger partial charge on any atom is -1.00 e. The van der Waals surface area contributed by atoms with E-state index in [0.717, 1.165) is 11.4 Å². The molecule has 68 heavy (non-hydrogen) atoms. The molecule has 0 bridgehead atoms. The Kier molecular flexibility index (Phi) is 18.6. The Morgan fingerprint density at radius 1 is 0.691 bits per heavy atom. The molecule has 1 atom stereocenters. The molecule has 5 N–H and O–H groups in total. The molecule has 14 nitrogen and oxygen atoms in total. The second kappa shape index (κ2) is 23.5. The fourth-order valence-corrected chi connectivity index (χ4v) is 9.48. The van der Waals surface area contributed by atoms with Gasteiger partial charge in [0.15, 0.2) is 28.9 Å². The van der Waals surface area contributed by atoms with E-state index in [2.05, 4.69) is 20.4 Å². The van der Waals surface area contributed by atoms with Crippen LogP contribution in [0.1, 0.15) is 73.1 Å². The summed E-state index contributed by atoms with van der Waals surface area (Å²) in [4.78, 5) is 45.8. The van der Waals surface area contributed by atoms with Crippen molar-refractivity contribution in [3.05, 3.63) is 118 Å². The molecule has 3 radical (unpaired) electrons. The zero-order valence-corrected chi connectivity index (χ0v) is 40.6. The van der Waals surface area contributed by atoms with E-state index in [1.165, 1.54) is 48.5 Å². The van der Waals surface area contributed by atoms with Gasteiger partial charge in [-0.2, -0.15) is 0 Å². The predicted molar refractivity (Wildman–Crippen MR) is 245 cm³/mol. The summed E-state index contributed by atoms with van der Waals surface area (Å²) in [6.07, 6.45) is 2.64. The van der Waals surface area contributed by atoms with Gasteiger partial charge in [0, 0.05) is 103 Å². The van der Waals surface area contributed by atoms with Gasteiger partial charge in [-0.05, 0) is 97.5 Å². The Morgan fingerprint density at radius 3 is 1.65 bits per heavy atom. The van der Waals surface area contributed by atoms with Gasteiger partial charge in [0.05, 0.1) is 24.9 Å². The van der Waals surface area contributed by atoms with E-state index in [1.54, 1.807) is 34.1 Å². The molecular weight excluding hydrogens is 898 g/mol. The van der Waals surface area contributed by atoms with Crippen LogP contribution < -0.4 is 59.5 Å². The number of hydrogen-bond donors (Lipinski definition) is 5. The first kappa shape index (κ1) is 53.9. The standard InChI is InChI=1S/C24H29F2N3O4.C24H27F2N3O4.B.Na.H/c2*1-28-20-5-3-17(25)13-18(20)21(31)14-24(28)6-8-29(9-7-24)23(32)27-15-16-2-4-19(26)22(12-16)33-11-10-30;;;/h2-5,12-13,21,30-31H,6-11,14-15H2,1H3,(H,27,32);2-5,12-13,30H,6-11,14-15H2,1H3,(H,27,32);;;/q;;;+1;-1. The number of rotatable bonds is 10. The number of anilines is 2. The number of urea groups is 2. The van der Waals surface area contributed by atoms with Gasteiger partial charge in [0.25, 0.3) is 0 Å². The summed E-state index contributed by atoms with van der Waals surface area (Å²) in [5.41, 5.74) is 3.23. The number of ether oxygens (including phenoxy) is 2. The molecule has 0 aliphatic carbocycles. The maximum absolute atomic E-state index is 13.8. The summed E-state index contributed by atoms with van der Waals surface area (Å²) >= 11 is 0. The number of nitrogens with one attached hydrogen (secondary N) is 2. The van der Waals surface area contributed by atoms with Gasteiger partial charge in [0.2, 0.25) is 0 Å². The third-order valence-electron chi connectivity index (χ3n) is 13.4. The molecule has 20 heteroatoms. The summed E-state index contributed by atoms with van der Waals surface area (Å²) in [5, 5.41) is 34.1. The van der Waals surface area contributed by atoms with Gasteiger partial charge < -0.3 is 56.5 Å². The normalized spacial score (nSPS) is 17.7. The van der Waals surface area contributed by atoms with Gasteiger partial charge in [-0.3, -0.25) is 4.79 Å². The quantitative estimate of drug-likeness (QED) is 0.118. The van der Waals surface area contributed by atoms with Gasteiger partial charge >= 0.3 is 41.6 Å². The molecule has 359 valence electrons. The number of carbonyl (C=O) groups is 3. The average Bonchev–Trinajstić information content (AvgIpc) is 3.31. The zero-order chi connectivity index (χ0) is 47.2. The number of aliphatic hydroxyl groups is 3. The molecule has 4 aliphatic rings. The molecule has 2 spiro atoms. The Labute approximate surface area is 418 Å². The Hall–Kier alpha value is -5.05. The van der Waals surface area contributed by atoms with Crippen molar-refractivity contribution >= 4 is 37.6 Å². The summed E-state index contributed by atoms with van der Waals surface area (Å²) in [7, 11) is 3.88. The predicted octanol–water partition coefficient (Wildman–Crippen LogP) is 2.79. The van der Waals surface area contributed by atoms with Gasteiger partial charge in [-0.15, -0.1) is 0 Å². The van der Waals surface area contributed by atoms with E-state index >= 15 is 0 Å². The molecule has 4 aromatic carbocycles. The zero-order valence-electron chi connectivity index (χ0n) is 39.6. The topological polar surface area (TPSA) is 167 Å². The number of nitrogens with zero attached hydrogens (tertiary/aromatic N) is 4. The van der Waals surface area contributed by atoms with E-state index in [4.69, 9.17) is 19.7 Å². The van der Waals surface area contributed by atoms with E-state index in [0.29, 0.717) is 87.0 Å². The molecule has 4 aromatic rings. The molecular formula is C48H57BF4N6NaO8. The fraction of sp³-hybridized carbons (Fsp3) is 0.438. The van der Waals surface area contributed by atoms with Crippen molar-refractivity contribution in [2.75, 3.05) is 76.5 Å². The van der Waals surface area contributed by atoms with Crippen LogP contribution >= 0.6 is 0 Å². The maximum atomic E-state index is 13.8. The molecule has 1 unspecified atom stereocenters. The monoisotopic (exact) mass is 955 g/mol. The van der Waals surface area contributed by atoms with Crippen LogP contribution in [0.25, 0.3) is 0 Å². The van der Waals surface area contributed by atoms with E-state index in [-0.39, 0.29) is 120 Å². The number of benzene rings is 4. The van der Waals surface area contributed by atoms with Crippen LogP contribution in [0.3, 0.4) is 0 Å². The molecule has 2 saturated heterocycles. The molecule has 4 amide bonds. The van der Waals surface area contributed by atoms with E-state index in [9.17, 15) is 37.1 Å². The second-order valence-electron chi connectivity index (χ2n) is 17.2. The first-order valence-electron chi connectivity index (χ1n) is 22.0. The molecule has 0 saturated carbocycles. The summed E-state index contributed by atoms with van der Waals surface area (Å²) in [6.45, 7) is 1.96. The fourth-order valence-electron chi connectivity index (χ4n) is 9.48. The van der Waals surface area contributed by atoms with E-state index in [1.807, 2.05) is 14.1 Å². The SMILES string of the molecule is CN1c2ccc(F)cc2C(=O)CC12CCN(C(=O)NCc1ccc(F)c(OCCO)c1)CC2.CN1c2ccc(F)cc2C(O)CC12CCN(C(=O)NCc1ccc(F)c(OCCO)c1)CC2.[B].[H-].[Na+]. The summed E-state index contributed by atoms with van der Waals surface area (Å²) < 4.78 is 65.1. The van der Waals surface area contributed by atoms with Crippen molar-refractivity contribution in [1.29, 1.82) is 0 Å². The number of ketones is 1. The maximum Gasteiger partial charge on any atom is 1.00 e. The van der Waals surface area contributed by atoms with Crippen molar-refractivity contribution in [3.8, 4) is 11.5 Å². The summed E-state index contributed by atoms with van der Waals surface area (Å²) in [6, 6.07) is 17.0. The third kappa shape index (κ3) is 12.0. The van der Waals surface area contributed by atoms with Crippen LogP contribution in [0.2, 0.25) is 0 Å². The number of halogens is 4. The van der Waals surface area contributed by atoms with Crippen molar-refractivity contribution in [2.45, 2.75) is 68.8 Å². The minimum atomic E-state index is -0.743. The largest absolute Gasteiger partial charge is 1.00 e. The molecule has 0 aromatic heterocycles. The first-order chi connectivity index (χ1) is 31.7. The minimum absolute atomic E-state index is 0. The van der Waals surface area contributed by atoms with Crippen molar-refractivity contribution in [3.63, 3.8) is 0 Å². The molecule has 8 rings (SSSR count). The van der Waals surface area contributed by atoms with Crippen molar-refractivity contribution in [1.82, 2.24) is 20.4 Å². The number of aliphatic hydroxyl groups excluding tert-OH is 3. The number of fused-ring (bicyclic) bond motifs is 2. The number of Topliss-reactive ketones (excluding diaryl/α,β-unsaturated/α-hetero) is 1. The summed E-state index contributed by atoms with van der Waals surface area (Å²) in [5.74, 6) is -1.85. The molecule has 2 fully saturated rings. The van der Waals surface area contributed by atoms with Gasteiger partial charge in [-0.1, -0.05) is 12.1 Å². The number of hydrogen-bond acceptors (Lipinski definition) is 10. The van der Waals surface area contributed by atoms with Gasteiger partial charge in [0.1, 0.15) is 24.8 Å². The van der Waals surface area contributed by atoms with Crippen LogP contribution in [0.5, 0.6) is 11.5 Å². The number of amides is 4. The van der Waals surface area contributed by atoms with Crippen LogP contribution in [-0.2, 0) is 13.1 Å². The second-order valence-corrected chi connectivity index (χ2v) is 17.2. The third-order valence-corrected chi connectivity index (χ3v) is 13.4. The Bertz CT molecular complexity index is 2420. The van der Waals surface area contributed by atoms with Crippen LogP contribution in [0, 0.1) is 23.3 Å². The smallest absolute Gasteiger partial charge is 1.00 e. The van der Waals surface area contributed by atoms with Gasteiger partial charge in [-0.25, -0.2) is 27.2 Å². The van der Waals surface area contributed by atoms with Crippen molar-refractivity contribution in [2.24, 2.45) is 0 Å². The molecule has 4 heterocycles. The Morgan fingerprint density at radius 2 is 1.15 bits per heavy atom. The van der Waals surface area contributed by atoms with Crippen LogP contribution in [0.15, 0.2) is 72.8 Å². The Balaban J connectivity index is 0.000000288. The van der Waals surface area contributed by atoms with Crippen LogP contribution in [-0.4, -0.2) is 129 Å². The first-order valence-corrected chi connectivity index (χ1v) is 22.0. The number of carbonyl (C=O) groups excluding carboxylic acids is 3. The number of piperidine rings is 2. The van der Waals surface area contributed by atoms with E-state index < -0.39 is 29.1 Å². The van der Waals surface area contributed by atoms with Crippen molar-refractivity contribution < 1.29 is 87.7 Å². The molecule has 4 aliphatic heterocycles. The average molecular weight is 956 g/mol.